The van der Waals surface area contributed by atoms with Crippen LogP contribution >= 0.6 is 0 Å². The van der Waals surface area contributed by atoms with Crippen molar-refractivity contribution in [3.63, 3.8) is 0 Å². The average Bonchev–Trinajstić information content (AvgIpc) is 2.47. The summed E-state index contributed by atoms with van der Waals surface area (Å²) in [6, 6.07) is 6.75. The zero-order valence-electron chi connectivity index (χ0n) is 6.64. The van der Waals surface area contributed by atoms with Crippen LogP contribution in [0.25, 0.3) is 0 Å². The Morgan fingerprint density at radius 1 is 1.46 bits per heavy atom. The molecule has 0 radical (unpaired) electrons. The summed E-state index contributed by atoms with van der Waals surface area (Å²) in [7, 11) is 0. The zero-order valence-corrected chi connectivity index (χ0v) is 6.64. The van der Waals surface area contributed by atoms with Crippen LogP contribution in [0.4, 0.5) is 5.69 Å². The van der Waals surface area contributed by atoms with Gasteiger partial charge in [0, 0.05) is 5.56 Å². The number of nitrogens with two attached hydrogens (primary N) is 1. The van der Waals surface area contributed by atoms with E-state index < -0.39 is 11.6 Å². The third-order valence-electron chi connectivity index (χ3n) is 1.96. The van der Waals surface area contributed by atoms with E-state index >= 15 is 0 Å². The van der Waals surface area contributed by atoms with Crippen molar-refractivity contribution in [1.29, 1.82) is 0 Å². The molecular weight excluding hydrogens is 170 g/mol. The Hall–Kier alpha value is -1.75. The fourth-order valence-electron chi connectivity index (χ4n) is 1.23. The maximum Gasteiger partial charge on any atom is 0.353 e. The SMILES string of the molecule is NC1(C(=O)O)N=Nc2ccccc21. The normalized spacial score (nSPS) is 24.4. The molecule has 1 aromatic rings. The number of aliphatic carboxylic acids is 1. The predicted octanol–water partition coefficient (Wildman–Crippen LogP) is 0.980. The van der Waals surface area contributed by atoms with Gasteiger partial charge in [0.1, 0.15) is 0 Å². The molecule has 0 aliphatic carbocycles. The van der Waals surface area contributed by atoms with Crippen LogP contribution in [0.5, 0.6) is 0 Å². The van der Waals surface area contributed by atoms with Crippen molar-refractivity contribution in [3.05, 3.63) is 29.8 Å². The van der Waals surface area contributed by atoms with Crippen LogP contribution in [-0.2, 0) is 10.5 Å². The molecule has 0 saturated carbocycles. The topological polar surface area (TPSA) is 88.0 Å². The molecule has 1 aliphatic rings. The van der Waals surface area contributed by atoms with Crippen LogP contribution in [0, 0.1) is 0 Å². The molecule has 0 aromatic heterocycles. The van der Waals surface area contributed by atoms with E-state index in [4.69, 9.17) is 10.8 Å². The maximum atomic E-state index is 10.8. The molecule has 13 heavy (non-hydrogen) atoms. The number of azo groups is 1. The van der Waals surface area contributed by atoms with E-state index in [9.17, 15) is 4.79 Å². The van der Waals surface area contributed by atoms with Gasteiger partial charge >= 0.3 is 5.97 Å². The Morgan fingerprint density at radius 2 is 2.15 bits per heavy atom. The highest BCUT2D eigenvalue weighted by Gasteiger charge is 2.41. The number of nitrogens with zero attached hydrogens (tertiary/aromatic N) is 2. The molecular formula is C8H7N3O2. The van der Waals surface area contributed by atoms with E-state index in [2.05, 4.69) is 10.2 Å². The molecule has 2 rings (SSSR count). The van der Waals surface area contributed by atoms with Gasteiger partial charge in [-0.05, 0) is 6.07 Å². The zero-order chi connectivity index (χ0) is 9.47. The van der Waals surface area contributed by atoms with Gasteiger partial charge in [-0.2, -0.15) is 5.11 Å². The molecule has 0 bridgehead atoms. The van der Waals surface area contributed by atoms with E-state index in [1.807, 2.05) is 0 Å². The molecule has 3 N–H and O–H groups in total. The Labute approximate surface area is 73.9 Å². The molecule has 5 nitrogen and oxygen atoms in total. The molecule has 1 heterocycles. The van der Waals surface area contributed by atoms with Gasteiger partial charge in [0.25, 0.3) is 5.66 Å². The van der Waals surface area contributed by atoms with Crippen molar-refractivity contribution in [3.8, 4) is 0 Å². The molecule has 1 atom stereocenters. The highest BCUT2D eigenvalue weighted by molar-refractivity contribution is 5.83. The number of rotatable bonds is 1. The Bertz CT molecular complexity index is 402. The second kappa shape index (κ2) is 2.37. The second-order valence-corrected chi connectivity index (χ2v) is 2.79. The van der Waals surface area contributed by atoms with E-state index in [0.717, 1.165) is 0 Å². The Kier molecular flexibility index (Phi) is 1.43. The number of hydrogen-bond donors (Lipinski definition) is 2. The van der Waals surface area contributed by atoms with E-state index in [0.29, 0.717) is 11.3 Å². The number of benzene rings is 1. The summed E-state index contributed by atoms with van der Waals surface area (Å²) in [5.41, 5.74) is 4.81. The Balaban J connectivity index is 2.61. The maximum absolute atomic E-state index is 10.8. The standard InChI is InChI=1S/C8H7N3O2/c9-8(7(12)13)5-3-1-2-4-6(5)10-11-8/h1-4H,9H2,(H,12,13). The first-order valence-corrected chi connectivity index (χ1v) is 3.69. The van der Waals surface area contributed by atoms with Crippen molar-refractivity contribution in [2.75, 3.05) is 0 Å². The minimum Gasteiger partial charge on any atom is -0.478 e. The molecule has 0 fully saturated rings. The van der Waals surface area contributed by atoms with Gasteiger partial charge in [0.15, 0.2) is 0 Å². The molecule has 0 spiro atoms. The van der Waals surface area contributed by atoms with Crippen LogP contribution in [0.3, 0.4) is 0 Å². The lowest BCUT2D eigenvalue weighted by Crippen LogP contribution is -2.41. The highest BCUT2D eigenvalue weighted by Crippen LogP contribution is 2.36. The first-order chi connectivity index (χ1) is 6.14. The third kappa shape index (κ3) is 0.940. The van der Waals surface area contributed by atoms with Crippen molar-refractivity contribution < 1.29 is 9.90 Å². The third-order valence-corrected chi connectivity index (χ3v) is 1.96. The number of carboxylic acids is 1. The van der Waals surface area contributed by atoms with Crippen molar-refractivity contribution in [1.82, 2.24) is 0 Å². The summed E-state index contributed by atoms with van der Waals surface area (Å²) in [6.45, 7) is 0. The number of hydrogen-bond acceptors (Lipinski definition) is 4. The molecule has 1 aliphatic heterocycles. The van der Waals surface area contributed by atoms with E-state index in [-0.39, 0.29) is 0 Å². The Morgan fingerprint density at radius 3 is 2.85 bits per heavy atom. The summed E-state index contributed by atoms with van der Waals surface area (Å²) in [5.74, 6) is -1.19. The van der Waals surface area contributed by atoms with Crippen LogP contribution < -0.4 is 5.73 Å². The van der Waals surface area contributed by atoms with Crippen LogP contribution in [0.2, 0.25) is 0 Å². The molecule has 5 heteroatoms. The number of carboxylic acid groups (broad SMARTS) is 1. The van der Waals surface area contributed by atoms with Crippen LogP contribution in [0.15, 0.2) is 34.5 Å². The fourth-order valence-corrected chi connectivity index (χ4v) is 1.23. The summed E-state index contributed by atoms with van der Waals surface area (Å²) in [4.78, 5) is 10.8. The largest absolute Gasteiger partial charge is 0.478 e. The monoisotopic (exact) mass is 177 g/mol. The van der Waals surface area contributed by atoms with Crippen LogP contribution in [-0.4, -0.2) is 11.1 Å². The summed E-state index contributed by atoms with van der Waals surface area (Å²) < 4.78 is 0. The smallest absolute Gasteiger partial charge is 0.353 e. The second-order valence-electron chi connectivity index (χ2n) is 2.79. The average molecular weight is 177 g/mol. The van der Waals surface area contributed by atoms with Crippen molar-refractivity contribution in [2.45, 2.75) is 5.66 Å². The van der Waals surface area contributed by atoms with E-state index in [1.54, 1.807) is 24.3 Å². The van der Waals surface area contributed by atoms with Crippen LogP contribution in [0.1, 0.15) is 5.56 Å². The first kappa shape index (κ1) is 7.88. The van der Waals surface area contributed by atoms with Gasteiger partial charge in [0.2, 0.25) is 0 Å². The molecule has 1 unspecified atom stereocenters. The highest BCUT2D eigenvalue weighted by atomic mass is 16.4. The van der Waals surface area contributed by atoms with Gasteiger partial charge in [-0.15, -0.1) is 5.11 Å². The lowest BCUT2D eigenvalue weighted by molar-refractivity contribution is -0.143. The predicted molar refractivity (Wildman–Crippen MR) is 44.5 cm³/mol. The molecule has 0 saturated heterocycles. The van der Waals surface area contributed by atoms with Gasteiger partial charge < -0.3 is 5.11 Å². The van der Waals surface area contributed by atoms with Gasteiger partial charge in [-0.1, -0.05) is 18.2 Å². The lowest BCUT2D eigenvalue weighted by Gasteiger charge is -2.13. The molecule has 66 valence electrons. The molecule has 0 amide bonds. The van der Waals surface area contributed by atoms with Crippen molar-refractivity contribution >= 4 is 11.7 Å². The minimum atomic E-state index is -1.70. The summed E-state index contributed by atoms with van der Waals surface area (Å²) in [5, 5.41) is 16.1. The number of fused-ring (bicyclic) bond motifs is 1. The van der Waals surface area contributed by atoms with Crippen molar-refractivity contribution in [2.24, 2.45) is 16.0 Å². The quantitative estimate of drug-likeness (QED) is 0.670. The molecule has 1 aromatic carbocycles. The summed E-state index contributed by atoms with van der Waals surface area (Å²) >= 11 is 0. The fraction of sp³-hybridized carbons (Fsp3) is 0.125. The number of carbonyl (C=O) groups is 1. The van der Waals surface area contributed by atoms with E-state index in [1.165, 1.54) is 0 Å². The van der Waals surface area contributed by atoms with Gasteiger partial charge in [-0.25, -0.2) is 4.79 Å². The first-order valence-electron chi connectivity index (χ1n) is 3.69. The van der Waals surface area contributed by atoms with Gasteiger partial charge in [0.05, 0.1) is 5.69 Å². The van der Waals surface area contributed by atoms with Gasteiger partial charge in [-0.3, -0.25) is 5.73 Å². The summed E-state index contributed by atoms with van der Waals surface area (Å²) in [6.07, 6.45) is 0. The minimum absolute atomic E-state index is 0.433. The lowest BCUT2D eigenvalue weighted by atomic mass is 10.0.